The van der Waals surface area contributed by atoms with Gasteiger partial charge in [-0.1, -0.05) is 18.6 Å². The standard InChI is InChI=1S/C31H33BrFNO5/c1-17-28(31(36)39-21-7-5-4-6-8-21)29(19-9-11-23(33)22(32)13-19)30-24(34-17)14-20(15-25(30)35)18-10-12-26(37-2)27(16-18)38-3/h9-13,16,20-21,29,34H,4-8,14-15H2,1-3H3/t20-,29+/m1/s1. The summed E-state index contributed by atoms with van der Waals surface area (Å²) < 4.78 is 31.3. The van der Waals surface area contributed by atoms with E-state index in [0.29, 0.717) is 40.3 Å². The molecule has 3 aliphatic rings. The maximum atomic E-state index is 14.2. The third kappa shape index (κ3) is 5.49. The van der Waals surface area contributed by atoms with Gasteiger partial charge < -0.3 is 19.5 Å². The number of hydrogen-bond acceptors (Lipinski definition) is 6. The third-order valence-corrected chi connectivity index (χ3v) is 8.64. The fourth-order valence-corrected chi connectivity index (χ4v) is 6.47. The molecule has 39 heavy (non-hydrogen) atoms. The van der Waals surface area contributed by atoms with Gasteiger partial charge in [-0.3, -0.25) is 4.79 Å². The Balaban J connectivity index is 1.53. The van der Waals surface area contributed by atoms with Gasteiger partial charge in [-0.25, -0.2) is 9.18 Å². The third-order valence-electron chi connectivity index (χ3n) is 8.03. The average molecular weight is 599 g/mol. The SMILES string of the molecule is COc1ccc([C@H]2CC(=O)C3=C(C2)NC(C)=C(C(=O)OC2CCCCC2)[C@@H]3c2ccc(F)c(Br)c2)cc1OC. The fourth-order valence-electron chi connectivity index (χ4n) is 6.08. The van der Waals surface area contributed by atoms with Gasteiger partial charge in [0.25, 0.3) is 0 Å². The number of carbonyl (C=O) groups is 2. The fraction of sp³-hybridized carbons (Fsp3) is 0.419. The molecule has 1 aliphatic heterocycles. The highest BCUT2D eigenvalue weighted by molar-refractivity contribution is 9.10. The molecule has 2 aliphatic carbocycles. The molecule has 2 atom stereocenters. The first-order chi connectivity index (χ1) is 18.8. The first kappa shape index (κ1) is 27.4. The number of benzene rings is 2. The Morgan fingerprint density at radius 3 is 2.38 bits per heavy atom. The number of dihydropyridines is 1. The average Bonchev–Trinajstić information content (AvgIpc) is 2.93. The summed E-state index contributed by atoms with van der Waals surface area (Å²) in [5, 5.41) is 3.39. The van der Waals surface area contributed by atoms with Crippen molar-refractivity contribution < 1.29 is 28.2 Å². The van der Waals surface area contributed by atoms with Crippen LogP contribution < -0.4 is 14.8 Å². The molecule has 1 saturated carbocycles. The number of ketones is 1. The highest BCUT2D eigenvalue weighted by atomic mass is 79.9. The first-order valence-corrected chi connectivity index (χ1v) is 14.2. The second-order valence-corrected chi connectivity index (χ2v) is 11.3. The quantitative estimate of drug-likeness (QED) is 0.367. The second-order valence-electron chi connectivity index (χ2n) is 10.5. The molecule has 5 rings (SSSR count). The van der Waals surface area contributed by atoms with Gasteiger partial charge in [-0.15, -0.1) is 0 Å². The molecule has 1 N–H and O–H groups in total. The zero-order valence-electron chi connectivity index (χ0n) is 22.4. The molecule has 0 saturated heterocycles. The zero-order chi connectivity index (χ0) is 27.7. The molecule has 0 unspecified atom stereocenters. The predicted molar refractivity (Wildman–Crippen MR) is 149 cm³/mol. The number of carbonyl (C=O) groups excluding carboxylic acids is 2. The van der Waals surface area contributed by atoms with E-state index < -0.39 is 17.7 Å². The van der Waals surface area contributed by atoms with Crippen LogP contribution in [-0.4, -0.2) is 32.1 Å². The van der Waals surface area contributed by atoms with Crippen molar-refractivity contribution in [3.8, 4) is 11.5 Å². The molecule has 0 radical (unpaired) electrons. The number of ether oxygens (including phenoxy) is 3. The molecule has 0 amide bonds. The summed E-state index contributed by atoms with van der Waals surface area (Å²) in [5.41, 5.74) is 4.04. The molecule has 2 aromatic rings. The summed E-state index contributed by atoms with van der Waals surface area (Å²) in [5.74, 6) is -0.362. The molecule has 206 valence electrons. The van der Waals surface area contributed by atoms with Gasteiger partial charge in [0.15, 0.2) is 17.3 Å². The minimum Gasteiger partial charge on any atom is -0.493 e. The Bertz CT molecular complexity index is 1360. The lowest BCUT2D eigenvalue weighted by Gasteiger charge is -2.37. The number of rotatable bonds is 6. The topological polar surface area (TPSA) is 73.9 Å². The predicted octanol–water partition coefficient (Wildman–Crippen LogP) is 6.84. The van der Waals surface area contributed by atoms with Gasteiger partial charge in [0.05, 0.1) is 24.3 Å². The van der Waals surface area contributed by atoms with Crippen LogP contribution in [0.4, 0.5) is 4.39 Å². The number of esters is 1. The summed E-state index contributed by atoms with van der Waals surface area (Å²) in [7, 11) is 3.18. The van der Waals surface area contributed by atoms with Crippen LogP contribution in [0.25, 0.3) is 0 Å². The van der Waals surface area contributed by atoms with Crippen molar-refractivity contribution in [2.24, 2.45) is 0 Å². The van der Waals surface area contributed by atoms with Crippen molar-refractivity contribution in [3.05, 3.63) is 80.4 Å². The first-order valence-electron chi connectivity index (χ1n) is 13.4. The van der Waals surface area contributed by atoms with Crippen molar-refractivity contribution in [3.63, 3.8) is 0 Å². The number of halogens is 2. The Labute approximate surface area is 236 Å². The molecule has 8 heteroatoms. The molecular weight excluding hydrogens is 565 g/mol. The van der Waals surface area contributed by atoms with Crippen molar-refractivity contribution in [2.75, 3.05) is 14.2 Å². The summed E-state index contributed by atoms with van der Waals surface area (Å²) >= 11 is 3.29. The van der Waals surface area contributed by atoms with Crippen LogP contribution in [0.2, 0.25) is 0 Å². The van der Waals surface area contributed by atoms with Crippen LogP contribution in [0.1, 0.15) is 74.8 Å². The van der Waals surface area contributed by atoms with Crippen molar-refractivity contribution >= 4 is 27.7 Å². The zero-order valence-corrected chi connectivity index (χ0v) is 24.0. The van der Waals surface area contributed by atoms with E-state index in [0.717, 1.165) is 43.4 Å². The van der Waals surface area contributed by atoms with Gasteiger partial charge in [-0.2, -0.15) is 0 Å². The van der Waals surface area contributed by atoms with E-state index in [1.165, 1.54) is 6.07 Å². The maximum absolute atomic E-state index is 14.2. The van der Waals surface area contributed by atoms with Gasteiger partial charge in [0, 0.05) is 29.3 Å². The highest BCUT2D eigenvalue weighted by Crippen LogP contribution is 2.47. The Kier molecular flexibility index (Phi) is 8.12. The number of hydrogen-bond donors (Lipinski definition) is 1. The van der Waals surface area contributed by atoms with Crippen molar-refractivity contribution in [1.82, 2.24) is 5.32 Å². The number of Topliss-reactive ketones (excluding diaryl/α,β-unsaturated/α-hetero) is 1. The molecule has 0 spiro atoms. The minimum absolute atomic E-state index is 0.0514. The molecule has 1 fully saturated rings. The van der Waals surface area contributed by atoms with Gasteiger partial charge in [0.1, 0.15) is 11.9 Å². The number of nitrogens with one attached hydrogen (secondary N) is 1. The smallest absolute Gasteiger partial charge is 0.337 e. The highest BCUT2D eigenvalue weighted by Gasteiger charge is 2.42. The Morgan fingerprint density at radius 1 is 0.974 bits per heavy atom. The van der Waals surface area contributed by atoms with Crippen molar-refractivity contribution in [2.45, 2.75) is 69.8 Å². The number of methoxy groups -OCH3 is 2. The summed E-state index contributed by atoms with van der Waals surface area (Å²) in [6, 6.07) is 10.4. The summed E-state index contributed by atoms with van der Waals surface area (Å²) in [4.78, 5) is 27.5. The minimum atomic E-state index is -0.645. The molecule has 6 nitrogen and oxygen atoms in total. The summed E-state index contributed by atoms with van der Waals surface area (Å²) in [6.45, 7) is 1.84. The number of allylic oxidation sites excluding steroid dienone is 3. The van der Waals surface area contributed by atoms with E-state index in [4.69, 9.17) is 14.2 Å². The second kappa shape index (κ2) is 11.5. The summed E-state index contributed by atoms with van der Waals surface area (Å²) in [6.07, 6.45) is 5.64. The largest absolute Gasteiger partial charge is 0.493 e. The van der Waals surface area contributed by atoms with Crippen LogP contribution in [0.5, 0.6) is 11.5 Å². The van der Waals surface area contributed by atoms with Gasteiger partial charge >= 0.3 is 5.97 Å². The van der Waals surface area contributed by atoms with Gasteiger partial charge in [-0.05, 0) is 96.3 Å². The van der Waals surface area contributed by atoms with E-state index in [2.05, 4.69) is 21.2 Å². The Morgan fingerprint density at radius 2 is 1.69 bits per heavy atom. The van der Waals surface area contributed by atoms with E-state index in [1.54, 1.807) is 26.4 Å². The lowest BCUT2D eigenvalue weighted by Crippen LogP contribution is -2.37. The molecule has 1 heterocycles. The lowest BCUT2D eigenvalue weighted by atomic mass is 9.71. The van der Waals surface area contributed by atoms with Gasteiger partial charge in [0.2, 0.25) is 0 Å². The van der Waals surface area contributed by atoms with E-state index in [9.17, 15) is 14.0 Å². The van der Waals surface area contributed by atoms with E-state index in [-0.39, 0.29) is 28.7 Å². The molecule has 0 bridgehead atoms. The maximum Gasteiger partial charge on any atom is 0.337 e. The molecular formula is C31H33BrFNO5. The monoisotopic (exact) mass is 597 g/mol. The van der Waals surface area contributed by atoms with Crippen LogP contribution in [0.3, 0.4) is 0 Å². The van der Waals surface area contributed by atoms with Crippen LogP contribution in [0, 0.1) is 5.82 Å². The normalized spacial score (nSPS) is 21.8. The molecule has 0 aromatic heterocycles. The lowest BCUT2D eigenvalue weighted by molar-refractivity contribution is -0.146. The van der Waals surface area contributed by atoms with Crippen LogP contribution in [0.15, 0.2) is 63.4 Å². The van der Waals surface area contributed by atoms with Crippen LogP contribution >= 0.6 is 15.9 Å². The van der Waals surface area contributed by atoms with E-state index in [1.807, 2.05) is 25.1 Å². The van der Waals surface area contributed by atoms with E-state index >= 15 is 0 Å². The Hall–Kier alpha value is -3.13. The molecule has 2 aromatic carbocycles. The van der Waals surface area contributed by atoms with Crippen molar-refractivity contribution in [1.29, 1.82) is 0 Å². The van der Waals surface area contributed by atoms with Crippen LogP contribution in [-0.2, 0) is 14.3 Å².